The van der Waals surface area contributed by atoms with Crippen molar-refractivity contribution in [2.45, 2.75) is 33.4 Å². The summed E-state index contributed by atoms with van der Waals surface area (Å²) in [5, 5.41) is 0. The van der Waals surface area contributed by atoms with E-state index in [0.717, 1.165) is 24.1 Å². The number of hydrogen-bond acceptors (Lipinski definition) is 2. The Labute approximate surface area is 102 Å². The van der Waals surface area contributed by atoms with Gasteiger partial charge in [0.05, 0.1) is 0 Å². The minimum Gasteiger partial charge on any atom is -0.329 e. The molecule has 17 heavy (non-hydrogen) atoms. The van der Waals surface area contributed by atoms with Gasteiger partial charge in [0, 0.05) is 31.9 Å². The summed E-state index contributed by atoms with van der Waals surface area (Å²) < 4.78 is 12.5. The van der Waals surface area contributed by atoms with Gasteiger partial charge in [0.1, 0.15) is 6.17 Å². The summed E-state index contributed by atoms with van der Waals surface area (Å²) in [4.78, 5) is 15.7. The van der Waals surface area contributed by atoms with Gasteiger partial charge >= 0.3 is 0 Å². The van der Waals surface area contributed by atoms with Crippen LogP contribution in [-0.2, 0) is 6.42 Å². The number of likely N-dealkylation sites (tertiary alicyclic amines) is 1. The number of aromatic amines is 1. The van der Waals surface area contributed by atoms with Crippen LogP contribution in [0.5, 0.6) is 0 Å². The first kappa shape index (κ1) is 13.9. The molecule has 1 N–H and O–H groups in total. The van der Waals surface area contributed by atoms with Crippen LogP contribution in [0.2, 0.25) is 0 Å². The van der Waals surface area contributed by atoms with Crippen LogP contribution in [-0.4, -0.2) is 35.7 Å². The summed E-state index contributed by atoms with van der Waals surface area (Å²) in [6.45, 7) is 7.91. The summed E-state index contributed by atoms with van der Waals surface area (Å²) in [6, 6.07) is 1.60. The first-order chi connectivity index (χ1) is 8.15. The summed E-state index contributed by atoms with van der Waals surface area (Å²) in [5.74, 6) is 0. The second kappa shape index (κ2) is 6.55. The Bertz CT molecular complexity index is 397. The maximum absolute atomic E-state index is 12.5. The van der Waals surface area contributed by atoms with Gasteiger partial charge in [0.15, 0.2) is 0 Å². The van der Waals surface area contributed by atoms with E-state index in [1.807, 2.05) is 20.8 Å². The number of rotatable bonds is 3. The normalized spacial score (nSPS) is 16.0. The number of pyridine rings is 1. The second-order valence-corrected chi connectivity index (χ2v) is 4.11. The number of aromatic nitrogens is 1. The van der Waals surface area contributed by atoms with E-state index in [2.05, 4.69) is 9.88 Å². The van der Waals surface area contributed by atoms with E-state index in [4.69, 9.17) is 0 Å². The predicted octanol–water partition coefficient (Wildman–Crippen LogP) is 1.91. The molecule has 1 aliphatic rings. The first-order valence-electron chi connectivity index (χ1n) is 6.20. The zero-order chi connectivity index (χ0) is 12.8. The minimum absolute atomic E-state index is 0.0657. The molecule has 0 radical (unpaired) electrons. The Morgan fingerprint density at radius 3 is 2.65 bits per heavy atom. The Balaban J connectivity index is 0.000000686. The average Bonchev–Trinajstić information content (AvgIpc) is 2.28. The maximum atomic E-state index is 12.5. The van der Waals surface area contributed by atoms with Crippen molar-refractivity contribution in [1.29, 1.82) is 0 Å². The molecule has 0 atom stereocenters. The zero-order valence-electron chi connectivity index (χ0n) is 10.8. The Morgan fingerprint density at radius 1 is 1.47 bits per heavy atom. The van der Waals surface area contributed by atoms with Crippen LogP contribution in [0.4, 0.5) is 4.39 Å². The topological polar surface area (TPSA) is 36.1 Å². The molecule has 2 heterocycles. The van der Waals surface area contributed by atoms with Gasteiger partial charge in [-0.05, 0) is 24.5 Å². The van der Waals surface area contributed by atoms with Gasteiger partial charge in [0.25, 0.3) is 0 Å². The van der Waals surface area contributed by atoms with E-state index in [1.165, 1.54) is 0 Å². The summed E-state index contributed by atoms with van der Waals surface area (Å²) in [7, 11) is 0. The van der Waals surface area contributed by atoms with E-state index < -0.39 is 6.17 Å². The van der Waals surface area contributed by atoms with Crippen molar-refractivity contribution in [3.8, 4) is 0 Å². The lowest BCUT2D eigenvalue weighted by molar-refractivity contribution is 0.0670. The first-order valence-corrected chi connectivity index (χ1v) is 6.20. The molecule has 0 spiro atoms. The fourth-order valence-corrected chi connectivity index (χ4v) is 1.84. The average molecular weight is 240 g/mol. The maximum Gasteiger partial charge on any atom is 0.248 e. The van der Waals surface area contributed by atoms with Crippen molar-refractivity contribution < 1.29 is 4.39 Å². The highest BCUT2D eigenvalue weighted by Gasteiger charge is 2.25. The number of aryl methyl sites for hydroxylation is 1. The third-order valence-corrected chi connectivity index (χ3v) is 2.85. The van der Waals surface area contributed by atoms with Crippen LogP contribution in [0.1, 0.15) is 25.0 Å². The van der Waals surface area contributed by atoms with Crippen LogP contribution in [0.3, 0.4) is 0 Å². The molecule has 0 saturated carbocycles. The molecule has 96 valence electrons. The lowest BCUT2D eigenvalue weighted by Gasteiger charge is -2.34. The number of alkyl halides is 1. The molecular weight excluding hydrogens is 219 g/mol. The van der Waals surface area contributed by atoms with E-state index in [1.54, 1.807) is 12.3 Å². The van der Waals surface area contributed by atoms with E-state index in [9.17, 15) is 9.18 Å². The van der Waals surface area contributed by atoms with Gasteiger partial charge < -0.3 is 4.98 Å². The van der Waals surface area contributed by atoms with Gasteiger partial charge in [-0.25, -0.2) is 4.39 Å². The smallest absolute Gasteiger partial charge is 0.248 e. The number of nitrogens with one attached hydrogen (secondary N) is 1. The molecular formula is C13H21FN2O. The van der Waals surface area contributed by atoms with Crippen LogP contribution in [0.15, 0.2) is 17.1 Å². The Morgan fingerprint density at radius 2 is 2.12 bits per heavy atom. The molecule has 0 unspecified atom stereocenters. The van der Waals surface area contributed by atoms with Gasteiger partial charge in [-0.15, -0.1) is 0 Å². The van der Waals surface area contributed by atoms with Crippen molar-refractivity contribution in [3.63, 3.8) is 0 Å². The predicted molar refractivity (Wildman–Crippen MR) is 68.2 cm³/mol. The van der Waals surface area contributed by atoms with E-state index in [-0.39, 0.29) is 5.56 Å². The molecule has 2 rings (SSSR count). The lowest BCUT2D eigenvalue weighted by atomic mass is 10.1. The van der Waals surface area contributed by atoms with Gasteiger partial charge in [-0.1, -0.05) is 13.8 Å². The SMILES string of the molecule is CC.Cc1cc(=O)[nH]cc1CCN1CC(F)C1. The molecule has 3 nitrogen and oxygen atoms in total. The number of halogens is 1. The number of H-pyrrole nitrogens is 1. The molecule has 1 saturated heterocycles. The minimum atomic E-state index is -0.637. The Hall–Kier alpha value is -1.16. The van der Waals surface area contributed by atoms with Gasteiger partial charge in [-0.2, -0.15) is 0 Å². The van der Waals surface area contributed by atoms with Crippen LogP contribution < -0.4 is 5.56 Å². The summed E-state index contributed by atoms with van der Waals surface area (Å²) >= 11 is 0. The van der Waals surface area contributed by atoms with Crippen LogP contribution in [0, 0.1) is 6.92 Å². The largest absolute Gasteiger partial charge is 0.329 e. The molecule has 1 aliphatic heterocycles. The molecule has 0 aliphatic carbocycles. The zero-order valence-corrected chi connectivity index (χ0v) is 10.8. The van der Waals surface area contributed by atoms with E-state index >= 15 is 0 Å². The van der Waals surface area contributed by atoms with Crippen LogP contribution in [0.25, 0.3) is 0 Å². The molecule has 1 aromatic rings. The highest BCUT2D eigenvalue weighted by molar-refractivity contribution is 5.21. The molecule has 4 heteroatoms. The molecule has 1 aromatic heterocycles. The molecule has 1 fully saturated rings. The van der Waals surface area contributed by atoms with E-state index in [0.29, 0.717) is 13.1 Å². The van der Waals surface area contributed by atoms with Crippen molar-refractivity contribution >= 4 is 0 Å². The molecule has 0 bridgehead atoms. The fraction of sp³-hybridized carbons (Fsp3) is 0.615. The van der Waals surface area contributed by atoms with Crippen molar-refractivity contribution in [3.05, 3.63) is 33.7 Å². The summed E-state index contributed by atoms with van der Waals surface area (Å²) in [5.41, 5.74) is 2.08. The quantitative estimate of drug-likeness (QED) is 0.876. The highest BCUT2D eigenvalue weighted by atomic mass is 19.1. The third-order valence-electron chi connectivity index (χ3n) is 2.85. The van der Waals surface area contributed by atoms with Gasteiger partial charge in [-0.3, -0.25) is 9.69 Å². The Kier molecular flexibility index (Phi) is 5.35. The summed E-state index contributed by atoms with van der Waals surface area (Å²) in [6.07, 6.45) is 1.99. The fourth-order valence-electron chi connectivity index (χ4n) is 1.84. The number of hydrogen-bond donors (Lipinski definition) is 1. The third kappa shape index (κ3) is 3.97. The van der Waals surface area contributed by atoms with Crippen molar-refractivity contribution in [2.75, 3.05) is 19.6 Å². The van der Waals surface area contributed by atoms with Crippen molar-refractivity contribution in [2.24, 2.45) is 0 Å². The van der Waals surface area contributed by atoms with Gasteiger partial charge in [0.2, 0.25) is 5.56 Å². The molecule has 0 amide bonds. The lowest BCUT2D eigenvalue weighted by Crippen LogP contribution is -2.48. The van der Waals surface area contributed by atoms with Crippen LogP contribution >= 0.6 is 0 Å². The highest BCUT2D eigenvalue weighted by Crippen LogP contribution is 2.12. The number of nitrogens with zero attached hydrogens (tertiary/aromatic N) is 1. The molecule has 0 aromatic carbocycles. The monoisotopic (exact) mass is 240 g/mol. The standard InChI is InChI=1S/C11H15FN2O.C2H6/c1-8-4-11(15)13-5-9(8)2-3-14-6-10(12)7-14;1-2/h4-5,10H,2-3,6-7H2,1H3,(H,13,15);1-2H3. The second-order valence-electron chi connectivity index (χ2n) is 4.11. The van der Waals surface area contributed by atoms with Crippen molar-refractivity contribution in [1.82, 2.24) is 9.88 Å².